The monoisotopic (exact) mass is 395 g/mol. The molecule has 1 unspecified atom stereocenters. The SMILES string of the molecule is CCOC(=O)C(CNC(=O)OCc1ccccc1)c1ccccc1C(F)(F)F. The summed E-state index contributed by atoms with van der Waals surface area (Å²) >= 11 is 0. The number of benzene rings is 2. The molecule has 1 N–H and O–H groups in total. The molecule has 0 aromatic heterocycles. The summed E-state index contributed by atoms with van der Waals surface area (Å²) in [6, 6.07) is 13.6. The molecule has 1 amide bonds. The number of hydrogen-bond acceptors (Lipinski definition) is 4. The second kappa shape index (κ2) is 9.77. The zero-order valence-electron chi connectivity index (χ0n) is 15.2. The third kappa shape index (κ3) is 6.00. The number of carbonyl (C=O) groups is 2. The molecule has 0 aliphatic carbocycles. The van der Waals surface area contributed by atoms with Crippen LogP contribution in [0, 0.1) is 0 Å². The number of hydrogen-bond donors (Lipinski definition) is 1. The predicted molar refractivity (Wildman–Crippen MR) is 95.4 cm³/mol. The Kier molecular flexibility index (Phi) is 7.43. The Morgan fingerprint density at radius 3 is 2.29 bits per heavy atom. The highest BCUT2D eigenvalue weighted by Crippen LogP contribution is 2.35. The van der Waals surface area contributed by atoms with E-state index in [2.05, 4.69) is 5.32 Å². The molecule has 150 valence electrons. The van der Waals surface area contributed by atoms with E-state index in [1.54, 1.807) is 31.2 Å². The van der Waals surface area contributed by atoms with E-state index in [4.69, 9.17) is 9.47 Å². The lowest BCUT2D eigenvalue weighted by atomic mass is 9.93. The number of alkyl halides is 3. The third-order valence-corrected chi connectivity index (χ3v) is 3.88. The lowest BCUT2D eigenvalue weighted by molar-refractivity contribution is -0.146. The van der Waals surface area contributed by atoms with Crippen molar-refractivity contribution >= 4 is 12.1 Å². The molecule has 28 heavy (non-hydrogen) atoms. The van der Waals surface area contributed by atoms with Gasteiger partial charge in [0.05, 0.1) is 18.1 Å². The number of alkyl carbamates (subject to hydrolysis) is 1. The largest absolute Gasteiger partial charge is 0.465 e. The molecule has 0 saturated heterocycles. The van der Waals surface area contributed by atoms with Crippen molar-refractivity contribution in [3.63, 3.8) is 0 Å². The fraction of sp³-hybridized carbons (Fsp3) is 0.300. The van der Waals surface area contributed by atoms with Crippen LogP contribution in [0.4, 0.5) is 18.0 Å². The molecule has 8 heteroatoms. The summed E-state index contributed by atoms with van der Waals surface area (Å²) in [6.45, 7) is 1.16. The maximum atomic E-state index is 13.3. The summed E-state index contributed by atoms with van der Waals surface area (Å²) in [7, 11) is 0. The highest BCUT2D eigenvalue weighted by molar-refractivity contribution is 5.80. The summed E-state index contributed by atoms with van der Waals surface area (Å²) in [6.07, 6.45) is -5.49. The Hall–Kier alpha value is -3.03. The van der Waals surface area contributed by atoms with Crippen molar-refractivity contribution in [3.05, 3.63) is 71.3 Å². The molecule has 5 nitrogen and oxygen atoms in total. The van der Waals surface area contributed by atoms with Gasteiger partial charge >= 0.3 is 18.2 Å². The van der Waals surface area contributed by atoms with E-state index in [1.165, 1.54) is 18.2 Å². The van der Waals surface area contributed by atoms with Crippen LogP contribution < -0.4 is 5.32 Å². The van der Waals surface area contributed by atoms with Crippen LogP contribution in [0.15, 0.2) is 54.6 Å². The molecule has 0 spiro atoms. The van der Waals surface area contributed by atoms with Crippen LogP contribution in [-0.2, 0) is 27.1 Å². The molecule has 2 aromatic rings. The first-order valence-electron chi connectivity index (χ1n) is 8.60. The van der Waals surface area contributed by atoms with Crippen molar-refractivity contribution in [2.45, 2.75) is 25.6 Å². The van der Waals surface area contributed by atoms with Gasteiger partial charge in [-0.15, -0.1) is 0 Å². The van der Waals surface area contributed by atoms with Gasteiger partial charge in [0.2, 0.25) is 0 Å². The number of ether oxygens (including phenoxy) is 2. The van der Waals surface area contributed by atoms with Crippen LogP contribution in [0.25, 0.3) is 0 Å². The molecular weight excluding hydrogens is 375 g/mol. The van der Waals surface area contributed by atoms with Gasteiger partial charge in [-0.25, -0.2) is 4.79 Å². The minimum Gasteiger partial charge on any atom is -0.465 e. The van der Waals surface area contributed by atoms with Gasteiger partial charge in [-0.3, -0.25) is 4.79 Å². The van der Waals surface area contributed by atoms with Crippen molar-refractivity contribution in [2.24, 2.45) is 0 Å². The van der Waals surface area contributed by atoms with Gasteiger partial charge in [-0.05, 0) is 24.1 Å². The van der Waals surface area contributed by atoms with Crippen LogP contribution in [-0.4, -0.2) is 25.2 Å². The number of halogens is 3. The summed E-state index contributed by atoms with van der Waals surface area (Å²) in [5.41, 5.74) is -0.466. The van der Waals surface area contributed by atoms with Gasteiger partial charge in [-0.2, -0.15) is 13.2 Å². The second-order valence-corrected chi connectivity index (χ2v) is 5.83. The summed E-state index contributed by atoms with van der Waals surface area (Å²) in [5.74, 6) is -2.18. The normalized spacial score (nSPS) is 12.1. The van der Waals surface area contributed by atoms with Crippen molar-refractivity contribution in [1.82, 2.24) is 5.32 Å². The number of nitrogens with one attached hydrogen (secondary N) is 1. The fourth-order valence-electron chi connectivity index (χ4n) is 2.58. The van der Waals surface area contributed by atoms with Crippen molar-refractivity contribution in [3.8, 4) is 0 Å². The number of esters is 1. The van der Waals surface area contributed by atoms with Gasteiger partial charge in [0, 0.05) is 6.54 Å². The molecule has 2 rings (SSSR count). The first kappa shape index (κ1) is 21.3. The van der Waals surface area contributed by atoms with E-state index in [-0.39, 0.29) is 25.3 Å². The first-order chi connectivity index (χ1) is 13.3. The second-order valence-electron chi connectivity index (χ2n) is 5.83. The van der Waals surface area contributed by atoms with Gasteiger partial charge in [0.25, 0.3) is 0 Å². The summed E-state index contributed by atoms with van der Waals surface area (Å²) in [4.78, 5) is 24.1. The van der Waals surface area contributed by atoms with Crippen molar-refractivity contribution in [1.29, 1.82) is 0 Å². The average molecular weight is 395 g/mol. The first-order valence-corrected chi connectivity index (χ1v) is 8.60. The molecule has 0 fully saturated rings. The maximum absolute atomic E-state index is 13.3. The molecule has 0 aliphatic heterocycles. The van der Waals surface area contributed by atoms with E-state index in [9.17, 15) is 22.8 Å². The van der Waals surface area contributed by atoms with Gasteiger partial charge in [0.15, 0.2) is 0 Å². The van der Waals surface area contributed by atoms with Crippen LogP contribution in [0.1, 0.15) is 29.5 Å². The molecule has 0 heterocycles. The molecule has 0 saturated carbocycles. The molecule has 1 atom stereocenters. The minimum atomic E-state index is -4.64. The Morgan fingerprint density at radius 1 is 1.00 bits per heavy atom. The van der Waals surface area contributed by atoms with Crippen LogP contribution in [0.5, 0.6) is 0 Å². The Morgan fingerprint density at radius 2 is 1.64 bits per heavy atom. The highest BCUT2D eigenvalue weighted by Gasteiger charge is 2.37. The van der Waals surface area contributed by atoms with E-state index in [0.717, 1.165) is 11.6 Å². The highest BCUT2D eigenvalue weighted by atomic mass is 19.4. The Balaban J connectivity index is 2.10. The van der Waals surface area contributed by atoms with E-state index in [0.29, 0.717) is 0 Å². The predicted octanol–water partition coefficient (Wildman–Crippen LogP) is 4.28. The lowest BCUT2D eigenvalue weighted by Gasteiger charge is -2.20. The van der Waals surface area contributed by atoms with E-state index < -0.39 is 29.7 Å². The molecule has 2 aromatic carbocycles. The standard InChI is InChI=1S/C20H20F3NO4/c1-2-27-18(25)16(15-10-6-7-11-17(15)20(21,22)23)12-24-19(26)28-13-14-8-4-3-5-9-14/h3-11,16H,2,12-13H2,1H3,(H,24,26). The summed E-state index contributed by atoms with van der Waals surface area (Å²) in [5, 5.41) is 2.34. The third-order valence-electron chi connectivity index (χ3n) is 3.88. The zero-order valence-corrected chi connectivity index (χ0v) is 15.2. The quantitative estimate of drug-likeness (QED) is 0.711. The van der Waals surface area contributed by atoms with Gasteiger partial charge < -0.3 is 14.8 Å². The Labute approximate surface area is 160 Å². The van der Waals surface area contributed by atoms with Crippen LogP contribution in [0.2, 0.25) is 0 Å². The molecule has 0 radical (unpaired) electrons. The fourth-order valence-corrected chi connectivity index (χ4v) is 2.58. The van der Waals surface area contributed by atoms with Crippen LogP contribution in [0.3, 0.4) is 0 Å². The molecule has 0 bridgehead atoms. The summed E-state index contributed by atoms with van der Waals surface area (Å²) < 4.78 is 49.8. The number of carbonyl (C=O) groups excluding carboxylic acids is 2. The maximum Gasteiger partial charge on any atom is 0.416 e. The number of amides is 1. The Bertz CT molecular complexity index is 794. The van der Waals surface area contributed by atoms with Crippen molar-refractivity contribution < 1.29 is 32.2 Å². The van der Waals surface area contributed by atoms with Gasteiger partial charge in [-0.1, -0.05) is 48.5 Å². The zero-order chi connectivity index (χ0) is 20.6. The van der Waals surface area contributed by atoms with E-state index >= 15 is 0 Å². The van der Waals surface area contributed by atoms with E-state index in [1.807, 2.05) is 6.07 Å². The lowest BCUT2D eigenvalue weighted by Crippen LogP contribution is -2.34. The van der Waals surface area contributed by atoms with Crippen molar-refractivity contribution in [2.75, 3.05) is 13.2 Å². The smallest absolute Gasteiger partial charge is 0.416 e. The minimum absolute atomic E-state index is 0.00196. The topological polar surface area (TPSA) is 64.6 Å². The molecule has 0 aliphatic rings. The molecular formula is C20H20F3NO4. The van der Waals surface area contributed by atoms with Gasteiger partial charge in [0.1, 0.15) is 6.61 Å². The number of rotatable bonds is 7. The average Bonchev–Trinajstić information content (AvgIpc) is 2.67. The van der Waals surface area contributed by atoms with Crippen LogP contribution >= 0.6 is 0 Å².